The molecule has 1 unspecified atom stereocenters. The van der Waals surface area contributed by atoms with Crippen molar-refractivity contribution in [3.8, 4) is 0 Å². The molecule has 0 aliphatic heterocycles. The van der Waals surface area contributed by atoms with E-state index in [9.17, 15) is 4.79 Å². The number of carbonyl (C=O) groups excluding carboxylic acids is 1. The molecule has 0 fully saturated rings. The van der Waals surface area contributed by atoms with Crippen molar-refractivity contribution >= 4 is 42.5 Å². The molecule has 4 rings (SSSR count). The van der Waals surface area contributed by atoms with Gasteiger partial charge >= 0.3 is 5.97 Å². The number of rotatable bonds is 9. The van der Waals surface area contributed by atoms with Crippen LogP contribution in [0, 0.1) is 0 Å². The first-order valence-corrected chi connectivity index (χ1v) is 18.8. The van der Waals surface area contributed by atoms with Crippen molar-refractivity contribution in [3.63, 3.8) is 0 Å². The highest BCUT2D eigenvalue weighted by atomic mass is 32.4. The summed E-state index contributed by atoms with van der Waals surface area (Å²) in [7, 11) is -2.15. The molecule has 5 heteroatoms. The van der Waals surface area contributed by atoms with Gasteiger partial charge in [0.15, 0.2) is 0 Å². The zero-order valence-electron chi connectivity index (χ0n) is 21.1. The van der Waals surface area contributed by atoms with Crippen molar-refractivity contribution in [1.82, 2.24) is 0 Å². The second-order valence-corrected chi connectivity index (χ2v) is 20.2. The Morgan fingerprint density at radius 1 is 0.722 bits per heavy atom. The number of ether oxygens (including phenoxy) is 1. The van der Waals surface area contributed by atoms with Gasteiger partial charge in [-0.1, -0.05) is 141 Å². The van der Waals surface area contributed by atoms with Gasteiger partial charge in [-0.25, -0.2) is 4.79 Å². The van der Waals surface area contributed by atoms with Gasteiger partial charge in [-0.2, -0.15) is 0 Å². The highest BCUT2D eigenvalue weighted by Gasteiger charge is 2.49. The molecule has 4 aromatic carbocycles. The second-order valence-electron chi connectivity index (χ2n) is 10.1. The zero-order valence-corrected chi connectivity index (χ0v) is 23.8. The number of hydrogen-bond donors (Lipinski definition) is 0. The standard InChI is InChI=1S/C31H33O2PSSi/c1-36(2,3)31(27-18-10-5-11-19-27,33-30(32)26-16-8-4-9-17-26)24-25-34(35,28-20-12-6-13-21-28)29-22-14-7-15-23-29/h4-23H,24-25H2,1-3H3. The molecule has 0 aliphatic rings. The number of carbonyl (C=O) groups is 1. The molecule has 184 valence electrons. The van der Waals surface area contributed by atoms with Crippen LogP contribution in [0.1, 0.15) is 22.3 Å². The SMILES string of the molecule is C[Si](C)(C)C(CCP(=S)(c1ccccc1)c1ccccc1)(OC(=O)c1ccccc1)c1ccccc1. The molecule has 0 radical (unpaired) electrons. The highest BCUT2D eigenvalue weighted by Crippen LogP contribution is 2.49. The van der Waals surface area contributed by atoms with Gasteiger partial charge in [-0.15, -0.1) is 0 Å². The van der Waals surface area contributed by atoms with Crippen LogP contribution in [0.3, 0.4) is 0 Å². The molecule has 0 amide bonds. The summed E-state index contributed by atoms with van der Waals surface area (Å²) >= 11 is 6.57. The van der Waals surface area contributed by atoms with Gasteiger partial charge in [0.2, 0.25) is 0 Å². The van der Waals surface area contributed by atoms with Crippen LogP contribution in [0.5, 0.6) is 0 Å². The topological polar surface area (TPSA) is 26.3 Å². The predicted molar refractivity (Wildman–Crippen MR) is 159 cm³/mol. The summed E-state index contributed by atoms with van der Waals surface area (Å²) in [4.78, 5) is 13.5. The summed E-state index contributed by atoms with van der Waals surface area (Å²) < 4.78 is 6.64. The van der Waals surface area contributed by atoms with Crippen LogP contribution < -0.4 is 10.6 Å². The molecule has 2 nitrogen and oxygen atoms in total. The number of hydrogen-bond acceptors (Lipinski definition) is 3. The summed E-state index contributed by atoms with van der Waals surface area (Å²) in [6.45, 7) is 6.85. The summed E-state index contributed by atoms with van der Waals surface area (Å²) in [5, 5.41) is 1.66. The Kier molecular flexibility index (Phi) is 8.09. The van der Waals surface area contributed by atoms with Crippen LogP contribution in [0.15, 0.2) is 121 Å². The third-order valence-corrected chi connectivity index (χ3v) is 14.8. The fraction of sp³-hybridized carbons (Fsp3) is 0.194. The average molecular weight is 529 g/mol. The molecule has 0 aromatic heterocycles. The molecular formula is C31H33O2PSSi. The van der Waals surface area contributed by atoms with Crippen molar-refractivity contribution in [2.24, 2.45) is 0 Å². The van der Waals surface area contributed by atoms with Crippen molar-refractivity contribution in [2.45, 2.75) is 31.3 Å². The molecule has 0 aliphatic carbocycles. The molecule has 36 heavy (non-hydrogen) atoms. The first kappa shape index (κ1) is 26.3. The van der Waals surface area contributed by atoms with Crippen LogP contribution in [0.4, 0.5) is 0 Å². The van der Waals surface area contributed by atoms with E-state index in [1.807, 2.05) is 60.7 Å². The molecule has 0 saturated heterocycles. The lowest BCUT2D eigenvalue weighted by Gasteiger charge is -2.44. The van der Waals surface area contributed by atoms with Crippen LogP contribution in [-0.4, -0.2) is 20.2 Å². The lowest BCUT2D eigenvalue weighted by molar-refractivity contribution is 0.00997. The monoisotopic (exact) mass is 528 g/mol. The van der Waals surface area contributed by atoms with Crippen molar-refractivity contribution in [2.75, 3.05) is 6.16 Å². The van der Waals surface area contributed by atoms with Gasteiger partial charge in [0.1, 0.15) is 13.3 Å². The minimum Gasteiger partial charge on any atom is -0.455 e. The fourth-order valence-electron chi connectivity index (χ4n) is 4.77. The maximum absolute atomic E-state index is 13.5. The lowest BCUT2D eigenvalue weighted by atomic mass is 10.1. The van der Waals surface area contributed by atoms with Crippen LogP contribution >= 0.6 is 6.04 Å². The smallest absolute Gasteiger partial charge is 0.338 e. The van der Waals surface area contributed by atoms with E-state index in [1.54, 1.807) is 0 Å². The van der Waals surface area contributed by atoms with E-state index < -0.39 is 19.3 Å². The summed E-state index contributed by atoms with van der Waals surface area (Å²) in [6, 6.07) is 38.4. The normalized spacial score (nSPS) is 13.5. The Labute approximate surface area is 221 Å². The number of esters is 1. The van der Waals surface area contributed by atoms with Crippen molar-refractivity contribution < 1.29 is 9.53 Å². The van der Waals surface area contributed by atoms with Crippen LogP contribution in [0.25, 0.3) is 0 Å². The van der Waals surface area contributed by atoms with E-state index in [1.165, 1.54) is 10.6 Å². The van der Waals surface area contributed by atoms with Gasteiger partial charge in [-0.3, -0.25) is 0 Å². The first-order valence-electron chi connectivity index (χ1n) is 12.3. The van der Waals surface area contributed by atoms with E-state index in [-0.39, 0.29) is 5.97 Å². The molecule has 4 aromatic rings. The third kappa shape index (κ3) is 5.47. The molecule has 1 atom stereocenters. The summed E-state index contributed by atoms with van der Waals surface area (Å²) in [6.07, 6.45) is 1.43. The number of benzene rings is 4. The van der Waals surface area contributed by atoms with Gasteiger partial charge < -0.3 is 4.74 Å². The molecule has 0 N–H and O–H groups in total. The Morgan fingerprint density at radius 3 is 1.58 bits per heavy atom. The zero-order chi connectivity index (χ0) is 25.7. The van der Waals surface area contributed by atoms with E-state index in [2.05, 4.69) is 80.3 Å². The lowest BCUT2D eigenvalue weighted by Crippen LogP contribution is -2.53. The minimum absolute atomic E-state index is 0.283. The highest BCUT2D eigenvalue weighted by molar-refractivity contribution is 8.21. The maximum atomic E-state index is 13.5. The average Bonchev–Trinajstić information content (AvgIpc) is 2.92. The Bertz CT molecular complexity index is 1280. The molecule has 0 heterocycles. The van der Waals surface area contributed by atoms with E-state index in [0.717, 1.165) is 11.7 Å². The molecule has 0 spiro atoms. The summed E-state index contributed by atoms with van der Waals surface area (Å²) in [5.41, 5.74) is 1.62. The fourth-order valence-corrected chi connectivity index (χ4v) is 11.0. The molecule has 0 saturated carbocycles. The van der Waals surface area contributed by atoms with Crippen LogP contribution in [-0.2, 0) is 21.8 Å². The third-order valence-electron chi connectivity index (χ3n) is 6.85. The minimum atomic E-state index is -2.16. The van der Waals surface area contributed by atoms with Gasteiger partial charge in [0.05, 0.1) is 5.56 Å². The molecule has 0 bridgehead atoms. The predicted octanol–water partition coefficient (Wildman–Crippen LogP) is 7.14. The largest absolute Gasteiger partial charge is 0.455 e. The second kappa shape index (κ2) is 11.1. The van der Waals surface area contributed by atoms with Gasteiger partial charge in [0.25, 0.3) is 0 Å². The Balaban J connectivity index is 1.82. The quantitative estimate of drug-likeness (QED) is 0.131. The van der Waals surface area contributed by atoms with Crippen molar-refractivity contribution in [1.29, 1.82) is 0 Å². The molecular weight excluding hydrogens is 495 g/mol. The Hall–Kier alpha value is -2.78. The van der Waals surface area contributed by atoms with Crippen LogP contribution in [0.2, 0.25) is 19.6 Å². The van der Waals surface area contributed by atoms with E-state index in [0.29, 0.717) is 12.0 Å². The van der Waals surface area contributed by atoms with E-state index in [4.69, 9.17) is 16.5 Å². The Morgan fingerprint density at radius 2 is 1.14 bits per heavy atom. The van der Waals surface area contributed by atoms with E-state index >= 15 is 0 Å². The first-order chi connectivity index (χ1) is 17.3. The maximum Gasteiger partial charge on any atom is 0.338 e. The van der Waals surface area contributed by atoms with Crippen molar-refractivity contribution in [3.05, 3.63) is 132 Å². The van der Waals surface area contributed by atoms with Gasteiger partial charge in [-0.05, 0) is 40.9 Å². The summed E-state index contributed by atoms with van der Waals surface area (Å²) in [5.74, 6) is -0.283. The van der Waals surface area contributed by atoms with Gasteiger partial charge in [0, 0.05) is 6.04 Å².